The molecule has 0 aliphatic carbocycles. The SMILES string of the molecule is C[C@H]1OCCN(Cc2ccc(Br)cc2Cl)[C@@H]1C(N)=O. The van der Waals surface area contributed by atoms with Crippen molar-refractivity contribution in [3.63, 3.8) is 0 Å². The van der Waals surface area contributed by atoms with Crippen LogP contribution >= 0.6 is 27.5 Å². The van der Waals surface area contributed by atoms with Gasteiger partial charge in [0.25, 0.3) is 0 Å². The third-order valence-corrected chi connectivity index (χ3v) is 4.12. The topological polar surface area (TPSA) is 55.6 Å². The maximum absolute atomic E-state index is 11.6. The lowest BCUT2D eigenvalue weighted by Gasteiger charge is -2.38. The quantitative estimate of drug-likeness (QED) is 0.912. The van der Waals surface area contributed by atoms with Gasteiger partial charge in [-0.05, 0) is 24.6 Å². The van der Waals surface area contributed by atoms with E-state index in [2.05, 4.69) is 15.9 Å². The number of primary amides is 1. The smallest absolute Gasteiger partial charge is 0.237 e. The van der Waals surface area contributed by atoms with E-state index in [0.29, 0.717) is 24.7 Å². The summed E-state index contributed by atoms with van der Waals surface area (Å²) in [5.74, 6) is -0.361. The van der Waals surface area contributed by atoms with Crippen molar-refractivity contribution in [3.05, 3.63) is 33.3 Å². The molecule has 1 amide bonds. The number of hydrogen-bond donors (Lipinski definition) is 1. The van der Waals surface area contributed by atoms with Crippen molar-refractivity contribution in [2.75, 3.05) is 13.2 Å². The molecule has 1 aromatic carbocycles. The molecule has 1 aromatic rings. The minimum atomic E-state index is -0.409. The Morgan fingerprint density at radius 1 is 1.63 bits per heavy atom. The molecular weight excluding hydrogens is 332 g/mol. The lowest BCUT2D eigenvalue weighted by molar-refractivity contribution is -0.136. The number of carbonyl (C=O) groups is 1. The van der Waals surface area contributed by atoms with Crippen LogP contribution in [-0.4, -0.2) is 36.1 Å². The summed E-state index contributed by atoms with van der Waals surface area (Å²) in [6.07, 6.45) is -0.194. The average Bonchev–Trinajstić information content (AvgIpc) is 2.32. The van der Waals surface area contributed by atoms with E-state index >= 15 is 0 Å². The first-order chi connectivity index (χ1) is 8.99. The number of nitrogens with two attached hydrogens (primary N) is 1. The van der Waals surface area contributed by atoms with Crippen molar-refractivity contribution in [2.24, 2.45) is 5.73 Å². The molecular formula is C13H16BrClN2O2. The van der Waals surface area contributed by atoms with Gasteiger partial charge >= 0.3 is 0 Å². The molecule has 0 saturated carbocycles. The molecule has 1 aliphatic heterocycles. The van der Waals surface area contributed by atoms with Crippen molar-refractivity contribution < 1.29 is 9.53 Å². The third kappa shape index (κ3) is 3.48. The number of ether oxygens (including phenoxy) is 1. The van der Waals surface area contributed by atoms with Crippen LogP contribution in [0.25, 0.3) is 0 Å². The van der Waals surface area contributed by atoms with Gasteiger partial charge in [-0.2, -0.15) is 0 Å². The second kappa shape index (κ2) is 6.22. The van der Waals surface area contributed by atoms with Gasteiger partial charge in [-0.15, -0.1) is 0 Å². The fourth-order valence-electron chi connectivity index (χ4n) is 2.34. The minimum Gasteiger partial charge on any atom is -0.375 e. The van der Waals surface area contributed by atoms with Crippen molar-refractivity contribution in [1.29, 1.82) is 0 Å². The van der Waals surface area contributed by atoms with E-state index in [1.54, 1.807) is 0 Å². The zero-order valence-electron chi connectivity index (χ0n) is 10.6. The van der Waals surface area contributed by atoms with Crippen molar-refractivity contribution in [3.8, 4) is 0 Å². The first kappa shape index (κ1) is 14.8. The zero-order chi connectivity index (χ0) is 14.0. The molecule has 1 saturated heterocycles. The van der Waals surface area contributed by atoms with E-state index in [1.165, 1.54) is 0 Å². The number of hydrogen-bond acceptors (Lipinski definition) is 3. The second-order valence-electron chi connectivity index (χ2n) is 4.63. The molecule has 104 valence electrons. The molecule has 4 nitrogen and oxygen atoms in total. The molecule has 0 unspecified atom stereocenters. The van der Waals surface area contributed by atoms with Gasteiger partial charge in [0.05, 0.1) is 12.7 Å². The second-order valence-corrected chi connectivity index (χ2v) is 5.95. The van der Waals surface area contributed by atoms with Crippen LogP contribution in [0.4, 0.5) is 0 Å². The number of rotatable bonds is 3. The maximum atomic E-state index is 11.6. The Morgan fingerprint density at radius 3 is 3.00 bits per heavy atom. The van der Waals surface area contributed by atoms with Gasteiger partial charge in [0.1, 0.15) is 6.04 Å². The largest absolute Gasteiger partial charge is 0.375 e. The first-order valence-electron chi connectivity index (χ1n) is 6.08. The van der Waals surface area contributed by atoms with E-state index < -0.39 is 6.04 Å². The summed E-state index contributed by atoms with van der Waals surface area (Å²) in [4.78, 5) is 13.6. The number of carbonyl (C=O) groups excluding carboxylic acids is 1. The maximum Gasteiger partial charge on any atom is 0.237 e. The van der Waals surface area contributed by atoms with Crippen LogP contribution in [0, 0.1) is 0 Å². The van der Waals surface area contributed by atoms with Crippen LogP contribution in [0.5, 0.6) is 0 Å². The molecule has 0 aromatic heterocycles. The van der Waals surface area contributed by atoms with Crippen LogP contribution in [0.3, 0.4) is 0 Å². The van der Waals surface area contributed by atoms with Crippen molar-refractivity contribution in [1.82, 2.24) is 4.90 Å². The van der Waals surface area contributed by atoms with Crippen LogP contribution in [0.1, 0.15) is 12.5 Å². The third-order valence-electron chi connectivity index (χ3n) is 3.28. The Hall–Kier alpha value is -0.620. The van der Waals surface area contributed by atoms with Crippen molar-refractivity contribution in [2.45, 2.75) is 25.6 Å². The first-order valence-corrected chi connectivity index (χ1v) is 7.25. The lowest BCUT2D eigenvalue weighted by atomic mass is 10.1. The van der Waals surface area contributed by atoms with E-state index in [1.807, 2.05) is 30.0 Å². The number of halogens is 2. The molecule has 2 rings (SSSR count). The minimum absolute atomic E-state index is 0.194. The van der Waals surface area contributed by atoms with Gasteiger partial charge in [0, 0.05) is 22.6 Å². The standard InChI is InChI=1S/C13H16BrClN2O2/c1-8-12(13(16)18)17(4-5-19-8)7-9-2-3-10(14)6-11(9)15/h2-3,6,8,12H,4-5,7H2,1H3,(H2,16,18)/t8-,12+/m1/s1. The van der Waals surface area contributed by atoms with Gasteiger partial charge in [-0.1, -0.05) is 33.6 Å². The Labute approximate surface area is 126 Å². The van der Waals surface area contributed by atoms with Gasteiger partial charge < -0.3 is 10.5 Å². The van der Waals surface area contributed by atoms with E-state index in [4.69, 9.17) is 22.1 Å². The number of morpholine rings is 1. The lowest BCUT2D eigenvalue weighted by Crippen LogP contribution is -2.56. The molecule has 19 heavy (non-hydrogen) atoms. The van der Waals surface area contributed by atoms with Crippen LogP contribution in [-0.2, 0) is 16.1 Å². The summed E-state index contributed by atoms with van der Waals surface area (Å²) in [7, 11) is 0. The highest BCUT2D eigenvalue weighted by Crippen LogP contribution is 2.25. The fourth-order valence-corrected chi connectivity index (χ4v) is 3.07. The summed E-state index contributed by atoms with van der Waals surface area (Å²) >= 11 is 9.58. The number of benzene rings is 1. The molecule has 2 atom stereocenters. The van der Waals surface area contributed by atoms with E-state index in [0.717, 1.165) is 10.0 Å². The summed E-state index contributed by atoms with van der Waals surface area (Å²) < 4.78 is 6.42. The van der Waals surface area contributed by atoms with E-state index in [-0.39, 0.29) is 12.0 Å². The molecule has 1 aliphatic rings. The van der Waals surface area contributed by atoms with E-state index in [9.17, 15) is 4.79 Å². The predicted molar refractivity (Wildman–Crippen MR) is 78.0 cm³/mol. The monoisotopic (exact) mass is 346 g/mol. The highest BCUT2D eigenvalue weighted by atomic mass is 79.9. The predicted octanol–water partition coefficient (Wildman–Crippen LogP) is 2.18. The summed E-state index contributed by atoms with van der Waals surface area (Å²) in [6.45, 7) is 3.72. The van der Waals surface area contributed by atoms with Gasteiger partial charge in [-0.25, -0.2) is 0 Å². The number of nitrogens with zero attached hydrogens (tertiary/aromatic N) is 1. The highest BCUT2D eigenvalue weighted by molar-refractivity contribution is 9.10. The van der Waals surface area contributed by atoms with Crippen molar-refractivity contribution >= 4 is 33.4 Å². The van der Waals surface area contributed by atoms with Crippen LogP contribution in [0.15, 0.2) is 22.7 Å². The molecule has 0 bridgehead atoms. The number of amides is 1. The average molecular weight is 348 g/mol. The van der Waals surface area contributed by atoms with Crippen LogP contribution in [0.2, 0.25) is 5.02 Å². The molecule has 6 heteroatoms. The molecule has 0 spiro atoms. The molecule has 0 radical (unpaired) electrons. The van der Waals surface area contributed by atoms with Gasteiger partial charge in [0.2, 0.25) is 5.91 Å². The zero-order valence-corrected chi connectivity index (χ0v) is 12.9. The summed E-state index contributed by atoms with van der Waals surface area (Å²) in [5.41, 5.74) is 6.44. The molecule has 1 heterocycles. The molecule has 1 fully saturated rings. The normalized spacial score (nSPS) is 24.4. The molecule has 2 N–H and O–H groups in total. The highest BCUT2D eigenvalue weighted by Gasteiger charge is 2.33. The van der Waals surface area contributed by atoms with Gasteiger partial charge in [0.15, 0.2) is 0 Å². The fraction of sp³-hybridized carbons (Fsp3) is 0.462. The summed E-state index contributed by atoms with van der Waals surface area (Å²) in [6, 6.07) is 5.32. The van der Waals surface area contributed by atoms with Crippen LogP contribution < -0.4 is 5.73 Å². The Kier molecular flexibility index (Phi) is 4.84. The summed E-state index contributed by atoms with van der Waals surface area (Å²) in [5, 5.41) is 0.678. The Bertz CT molecular complexity index is 484. The Morgan fingerprint density at radius 2 is 2.37 bits per heavy atom. The van der Waals surface area contributed by atoms with Gasteiger partial charge in [-0.3, -0.25) is 9.69 Å². The Balaban J connectivity index is 2.18.